The lowest BCUT2D eigenvalue weighted by Gasteiger charge is -2.06. The molecule has 0 aliphatic carbocycles. The number of aliphatic hydroxyl groups is 1. The summed E-state index contributed by atoms with van der Waals surface area (Å²) >= 11 is 0. The molecule has 0 amide bonds. The normalized spacial score (nSPS) is 12.6. The second-order valence-electron chi connectivity index (χ2n) is 3.71. The Bertz CT molecular complexity index is 482. The number of aliphatic hydroxyl groups excluding tert-OH is 1. The quantitative estimate of drug-likeness (QED) is 0.825. The smallest absolute Gasteiger partial charge is 0.308 e. The van der Waals surface area contributed by atoms with Crippen LogP contribution >= 0.6 is 0 Å². The standard InChI is InChI=1S/C13H14O4/c1-2-16-13(15)8-10(14)12-7-9-5-3-4-6-11(9)17-12/h3-7,10,14H,2,8H2,1H3. The van der Waals surface area contributed by atoms with Crippen LogP contribution < -0.4 is 0 Å². The van der Waals surface area contributed by atoms with Gasteiger partial charge in [0.15, 0.2) is 0 Å². The van der Waals surface area contributed by atoms with E-state index in [1.807, 2.05) is 24.3 Å². The number of carbonyl (C=O) groups is 1. The van der Waals surface area contributed by atoms with Gasteiger partial charge in [0, 0.05) is 5.39 Å². The highest BCUT2D eigenvalue weighted by atomic mass is 16.5. The van der Waals surface area contributed by atoms with Crippen LogP contribution in [-0.4, -0.2) is 17.7 Å². The summed E-state index contributed by atoms with van der Waals surface area (Å²) in [7, 11) is 0. The third-order valence-electron chi connectivity index (χ3n) is 2.44. The number of benzene rings is 1. The fraction of sp³-hybridized carbons (Fsp3) is 0.308. The highest BCUT2D eigenvalue weighted by Crippen LogP contribution is 2.25. The molecule has 2 rings (SSSR count). The minimum absolute atomic E-state index is 0.0896. The van der Waals surface area contributed by atoms with Gasteiger partial charge in [-0.25, -0.2) is 0 Å². The lowest BCUT2D eigenvalue weighted by Crippen LogP contribution is -2.09. The summed E-state index contributed by atoms with van der Waals surface area (Å²) in [6.45, 7) is 2.04. The topological polar surface area (TPSA) is 59.7 Å². The van der Waals surface area contributed by atoms with Crippen LogP contribution in [0, 0.1) is 0 Å². The molecular formula is C13H14O4. The Morgan fingerprint density at radius 3 is 2.94 bits per heavy atom. The third-order valence-corrected chi connectivity index (χ3v) is 2.44. The summed E-state index contributed by atoms with van der Waals surface area (Å²) < 4.78 is 10.2. The van der Waals surface area contributed by atoms with E-state index in [1.54, 1.807) is 13.0 Å². The van der Waals surface area contributed by atoms with Crippen molar-refractivity contribution in [1.82, 2.24) is 0 Å². The molecule has 1 aromatic carbocycles. The molecule has 1 N–H and O–H groups in total. The number of hydrogen-bond donors (Lipinski definition) is 1. The number of para-hydroxylation sites is 1. The van der Waals surface area contributed by atoms with E-state index in [0.717, 1.165) is 5.39 Å². The number of carbonyl (C=O) groups excluding carboxylic acids is 1. The fourth-order valence-electron chi connectivity index (χ4n) is 1.65. The summed E-state index contributed by atoms with van der Waals surface area (Å²) in [5.74, 6) is -0.0419. The van der Waals surface area contributed by atoms with Gasteiger partial charge in [0.05, 0.1) is 13.0 Å². The van der Waals surface area contributed by atoms with Crippen LogP contribution in [0.5, 0.6) is 0 Å². The first-order chi connectivity index (χ1) is 8.20. The van der Waals surface area contributed by atoms with Gasteiger partial charge in [-0.2, -0.15) is 0 Å². The highest BCUT2D eigenvalue weighted by Gasteiger charge is 2.17. The number of ether oxygens (including phenoxy) is 1. The second-order valence-corrected chi connectivity index (χ2v) is 3.71. The molecule has 4 nitrogen and oxygen atoms in total. The van der Waals surface area contributed by atoms with Crippen LogP contribution in [0.1, 0.15) is 25.2 Å². The summed E-state index contributed by atoms with van der Waals surface area (Å²) in [4.78, 5) is 11.2. The highest BCUT2D eigenvalue weighted by molar-refractivity contribution is 5.78. The Kier molecular flexibility index (Phi) is 3.44. The van der Waals surface area contributed by atoms with Crippen molar-refractivity contribution < 1.29 is 19.1 Å². The molecule has 1 atom stereocenters. The van der Waals surface area contributed by atoms with Gasteiger partial charge in [-0.3, -0.25) is 4.79 Å². The Morgan fingerprint density at radius 1 is 1.47 bits per heavy atom. The first-order valence-electron chi connectivity index (χ1n) is 5.53. The largest absolute Gasteiger partial charge is 0.466 e. The molecule has 0 aliphatic heterocycles. The molecule has 0 bridgehead atoms. The molecule has 17 heavy (non-hydrogen) atoms. The Labute approximate surface area is 98.8 Å². The SMILES string of the molecule is CCOC(=O)CC(O)c1cc2ccccc2o1. The monoisotopic (exact) mass is 234 g/mol. The maximum Gasteiger partial charge on any atom is 0.308 e. The van der Waals surface area contributed by atoms with Crippen LogP contribution in [0.3, 0.4) is 0 Å². The molecule has 1 unspecified atom stereocenters. The molecule has 2 aromatic rings. The van der Waals surface area contributed by atoms with E-state index in [4.69, 9.17) is 9.15 Å². The maximum absolute atomic E-state index is 11.2. The van der Waals surface area contributed by atoms with Gasteiger partial charge in [-0.05, 0) is 19.1 Å². The predicted molar refractivity (Wildman–Crippen MR) is 62.4 cm³/mol. The average molecular weight is 234 g/mol. The molecule has 0 aliphatic rings. The van der Waals surface area contributed by atoms with Crippen LogP contribution in [-0.2, 0) is 9.53 Å². The zero-order valence-corrected chi connectivity index (χ0v) is 9.55. The molecule has 1 heterocycles. The van der Waals surface area contributed by atoms with Crippen LogP contribution in [0.2, 0.25) is 0 Å². The van der Waals surface area contributed by atoms with Gasteiger partial charge in [-0.15, -0.1) is 0 Å². The van der Waals surface area contributed by atoms with Crippen LogP contribution in [0.25, 0.3) is 11.0 Å². The van der Waals surface area contributed by atoms with Gasteiger partial charge < -0.3 is 14.3 Å². The summed E-state index contributed by atoms with van der Waals surface area (Å²) in [5, 5.41) is 10.7. The zero-order valence-electron chi connectivity index (χ0n) is 9.55. The summed E-state index contributed by atoms with van der Waals surface area (Å²) in [6, 6.07) is 9.18. The Hall–Kier alpha value is -1.81. The van der Waals surface area contributed by atoms with Crippen molar-refractivity contribution in [2.45, 2.75) is 19.4 Å². The molecule has 90 valence electrons. The van der Waals surface area contributed by atoms with Crippen molar-refractivity contribution in [2.24, 2.45) is 0 Å². The molecule has 0 radical (unpaired) electrons. The predicted octanol–water partition coefficient (Wildman–Crippen LogP) is 2.42. The van der Waals surface area contributed by atoms with Gasteiger partial charge in [-0.1, -0.05) is 18.2 Å². The van der Waals surface area contributed by atoms with E-state index in [-0.39, 0.29) is 6.42 Å². The van der Waals surface area contributed by atoms with E-state index < -0.39 is 12.1 Å². The second kappa shape index (κ2) is 5.01. The zero-order chi connectivity index (χ0) is 12.3. The molecule has 0 saturated carbocycles. The molecule has 0 spiro atoms. The van der Waals surface area contributed by atoms with Gasteiger partial charge in [0.2, 0.25) is 0 Å². The van der Waals surface area contributed by atoms with E-state index in [0.29, 0.717) is 18.0 Å². The van der Waals surface area contributed by atoms with Crippen molar-refractivity contribution in [3.05, 3.63) is 36.1 Å². The van der Waals surface area contributed by atoms with Crippen LogP contribution in [0.15, 0.2) is 34.7 Å². The number of furan rings is 1. The number of fused-ring (bicyclic) bond motifs is 1. The third kappa shape index (κ3) is 2.65. The maximum atomic E-state index is 11.2. The molecule has 4 heteroatoms. The lowest BCUT2D eigenvalue weighted by atomic mass is 10.2. The van der Waals surface area contributed by atoms with E-state index in [1.165, 1.54) is 0 Å². The van der Waals surface area contributed by atoms with Gasteiger partial charge in [0.25, 0.3) is 0 Å². The minimum atomic E-state index is -0.957. The van der Waals surface area contributed by atoms with Crippen molar-refractivity contribution in [3.63, 3.8) is 0 Å². The number of esters is 1. The molecule has 0 fully saturated rings. The fourth-order valence-corrected chi connectivity index (χ4v) is 1.65. The number of hydrogen-bond acceptors (Lipinski definition) is 4. The summed E-state index contributed by atoms with van der Waals surface area (Å²) in [5.41, 5.74) is 0.699. The van der Waals surface area contributed by atoms with Crippen molar-refractivity contribution in [3.8, 4) is 0 Å². The Morgan fingerprint density at radius 2 is 2.24 bits per heavy atom. The first-order valence-corrected chi connectivity index (χ1v) is 5.53. The number of rotatable bonds is 4. The van der Waals surface area contributed by atoms with E-state index >= 15 is 0 Å². The molecule has 1 aromatic heterocycles. The molecular weight excluding hydrogens is 220 g/mol. The first kappa shape index (κ1) is 11.7. The van der Waals surface area contributed by atoms with Crippen molar-refractivity contribution in [1.29, 1.82) is 0 Å². The Balaban J connectivity index is 2.13. The van der Waals surface area contributed by atoms with Crippen LogP contribution in [0.4, 0.5) is 0 Å². The molecule has 0 saturated heterocycles. The van der Waals surface area contributed by atoms with E-state index in [9.17, 15) is 9.90 Å². The van der Waals surface area contributed by atoms with Gasteiger partial charge in [0.1, 0.15) is 17.4 Å². The van der Waals surface area contributed by atoms with E-state index in [2.05, 4.69) is 0 Å². The lowest BCUT2D eigenvalue weighted by molar-refractivity contribution is -0.145. The summed E-state index contributed by atoms with van der Waals surface area (Å²) in [6.07, 6.45) is -1.05. The van der Waals surface area contributed by atoms with Crippen molar-refractivity contribution >= 4 is 16.9 Å². The van der Waals surface area contributed by atoms with Crippen molar-refractivity contribution in [2.75, 3.05) is 6.61 Å². The average Bonchev–Trinajstić information content (AvgIpc) is 2.72. The van der Waals surface area contributed by atoms with Gasteiger partial charge >= 0.3 is 5.97 Å². The minimum Gasteiger partial charge on any atom is -0.466 e.